The number of amides is 1. The van der Waals surface area contributed by atoms with E-state index >= 15 is 0 Å². The number of methoxy groups -OCH3 is 1. The summed E-state index contributed by atoms with van der Waals surface area (Å²) in [6.45, 7) is 1.98. The lowest BCUT2D eigenvalue weighted by Gasteiger charge is -2.16. The summed E-state index contributed by atoms with van der Waals surface area (Å²) in [6.07, 6.45) is 1.55. The van der Waals surface area contributed by atoms with E-state index in [1.807, 2.05) is 0 Å². The molecule has 1 heterocycles. The van der Waals surface area contributed by atoms with E-state index in [9.17, 15) is 4.79 Å². The number of hydrogen-bond acceptors (Lipinski definition) is 4. The average molecular weight is 249 g/mol. The van der Waals surface area contributed by atoms with Gasteiger partial charge in [-0.2, -0.15) is 0 Å². The van der Waals surface area contributed by atoms with Crippen molar-refractivity contribution in [2.45, 2.75) is 19.0 Å². The maximum atomic E-state index is 11.4. The van der Waals surface area contributed by atoms with Crippen LogP contribution in [0.4, 0.5) is 0 Å². The second-order valence-electron chi connectivity index (χ2n) is 3.32. The number of hydrogen-bond donors (Lipinski definition) is 2. The van der Waals surface area contributed by atoms with E-state index in [0.29, 0.717) is 12.4 Å². The molecule has 2 atom stereocenters. The van der Waals surface area contributed by atoms with Crippen molar-refractivity contribution in [3.63, 3.8) is 0 Å². The maximum absolute atomic E-state index is 11.4. The van der Waals surface area contributed by atoms with Gasteiger partial charge in [0.25, 0.3) is 0 Å². The first-order valence-corrected chi connectivity index (χ1v) is 4.73. The predicted molar refractivity (Wildman–Crippen MR) is 62.4 cm³/mol. The highest BCUT2D eigenvalue weighted by molar-refractivity contribution is 5.85. The van der Waals surface area contributed by atoms with Crippen molar-refractivity contribution < 1.29 is 13.9 Å². The molecule has 16 heavy (non-hydrogen) atoms. The molecular formula is C10H17ClN2O3. The molecule has 0 aliphatic heterocycles. The summed E-state index contributed by atoms with van der Waals surface area (Å²) in [5.41, 5.74) is 5.45. The molecule has 0 aliphatic rings. The van der Waals surface area contributed by atoms with Gasteiger partial charge in [0.15, 0.2) is 0 Å². The first-order chi connectivity index (χ1) is 7.15. The summed E-state index contributed by atoms with van der Waals surface area (Å²) in [6, 6.07) is 2.71. The summed E-state index contributed by atoms with van der Waals surface area (Å²) >= 11 is 0. The molecule has 92 valence electrons. The molecule has 3 N–H and O–H groups in total. The van der Waals surface area contributed by atoms with Gasteiger partial charge in [-0.3, -0.25) is 4.79 Å². The highest BCUT2D eigenvalue weighted by atomic mass is 35.5. The molecule has 0 bridgehead atoms. The van der Waals surface area contributed by atoms with Gasteiger partial charge in [0.05, 0.1) is 18.9 Å². The Balaban J connectivity index is 0.00000225. The fraction of sp³-hybridized carbons (Fsp3) is 0.500. The van der Waals surface area contributed by atoms with Crippen LogP contribution in [0, 0.1) is 0 Å². The molecule has 0 spiro atoms. The third-order valence-electron chi connectivity index (χ3n) is 1.95. The molecule has 1 aromatic rings. The number of ether oxygens (including phenoxy) is 1. The molecule has 1 rings (SSSR count). The molecule has 0 saturated carbocycles. The Bertz CT molecular complexity index is 301. The van der Waals surface area contributed by atoms with Gasteiger partial charge >= 0.3 is 0 Å². The normalized spacial score (nSPS) is 13.7. The van der Waals surface area contributed by atoms with Gasteiger partial charge in [-0.1, -0.05) is 0 Å². The average Bonchev–Trinajstić information content (AvgIpc) is 2.69. The molecule has 6 heteroatoms. The third kappa shape index (κ3) is 4.22. The van der Waals surface area contributed by atoms with E-state index in [1.54, 1.807) is 32.4 Å². The van der Waals surface area contributed by atoms with Crippen molar-refractivity contribution in [1.29, 1.82) is 0 Å². The smallest absolute Gasteiger partial charge is 0.237 e. The summed E-state index contributed by atoms with van der Waals surface area (Å²) < 4.78 is 10.2. The Labute approximate surface area is 101 Å². The zero-order valence-electron chi connectivity index (χ0n) is 9.30. The summed E-state index contributed by atoms with van der Waals surface area (Å²) in [5, 5.41) is 2.74. The van der Waals surface area contributed by atoms with Gasteiger partial charge in [-0.05, 0) is 19.1 Å². The molecule has 0 aliphatic carbocycles. The van der Waals surface area contributed by atoms with E-state index in [1.165, 1.54) is 0 Å². The minimum absolute atomic E-state index is 0. The van der Waals surface area contributed by atoms with Crippen LogP contribution in [0.3, 0.4) is 0 Å². The lowest BCUT2D eigenvalue weighted by atomic mass is 10.2. The molecule has 2 unspecified atom stereocenters. The minimum atomic E-state index is -0.542. The number of carbonyl (C=O) groups is 1. The minimum Gasteiger partial charge on any atom is -0.467 e. The molecule has 1 amide bonds. The summed E-state index contributed by atoms with van der Waals surface area (Å²) in [5.74, 6) is 0.430. The van der Waals surface area contributed by atoms with Crippen molar-refractivity contribution in [1.82, 2.24) is 5.32 Å². The second-order valence-corrected chi connectivity index (χ2v) is 3.32. The van der Waals surface area contributed by atoms with Gasteiger partial charge in [-0.25, -0.2) is 0 Å². The van der Waals surface area contributed by atoms with Crippen LogP contribution in [-0.4, -0.2) is 25.7 Å². The molecular weight excluding hydrogens is 232 g/mol. The maximum Gasteiger partial charge on any atom is 0.237 e. The first-order valence-electron chi connectivity index (χ1n) is 4.73. The quantitative estimate of drug-likeness (QED) is 0.810. The number of rotatable bonds is 5. The molecule has 0 aromatic carbocycles. The Morgan fingerprint density at radius 1 is 1.69 bits per heavy atom. The molecule has 1 aromatic heterocycles. The summed E-state index contributed by atoms with van der Waals surface area (Å²) in [7, 11) is 1.56. The number of furan rings is 1. The van der Waals surface area contributed by atoms with Crippen LogP contribution in [0.15, 0.2) is 22.8 Å². The SMILES string of the molecule is COCC(NC(=O)C(C)N)c1ccco1.Cl. The first kappa shape index (κ1) is 15.0. The van der Waals surface area contributed by atoms with Crippen molar-refractivity contribution in [2.75, 3.05) is 13.7 Å². The van der Waals surface area contributed by atoms with Crippen LogP contribution < -0.4 is 11.1 Å². The van der Waals surface area contributed by atoms with E-state index < -0.39 is 6.04 Å². The number of halogens is 1. The molecule has 0 fully saturated rings. The van der Waals surface area contributed by atoms with Crippen LogP contribution in [0.5, 0.6) is 0 Å². The lowest BCUT2D eigenvalue weighted by Crippen LogP contribution is -2.41. The fourth-order valence-electron chi connectivity index (χ4n) is 1.15. The third-order valence-corrected chi connectivity index (χ3v) is 1.95. The zero-order chi connectivity index (χ0) is 11.3. The Morgan fingerprint density at radius 3 is 2.81 bits per heavy atom. The number of nitrogens with two attached hydrogens (primary N) is 1. The van der Waals surface area contributed by atoms with Crippen molar-refractivity contribution in [3.8, 4) is 0 Å². The van der Waals surface area contributed by atoms with Crippen LogP contribution >= 0.6 is 12.4 Å². The van der Waals surface area contributed by atoms with Gasteiger partial charge in [0.2, 0.25) is 5.91 Å². The second kappa shape index (κ2) is 7.27. The molecule has 0 saturated heterocycles. The van der Waals surface area contributed by atoms with Crippen molar-refractivity contribution in [3.05, 3.63) is 24.2 Å². The molecule has 0 radical (unpaired) electrons. The molecule has 5 nitrogen and oxygen atoms in total. The number of carbonyl (C=O) groups excluding carboxylic acids is 1. The van der Waals surface area contributed by atoms with Gasteiger partial charge in [0, 0.05) is 7.11 Å². The lowest BCUT2D eigenvalue weighted by molar-refractivity contribution is -0.123. The van der Waals surface area contributed by atoms with E-state index in [4.69, 9.17) is 14.9 Å². The van der Waals surface area contributed by atoms with Crippen molar-refractivity contribution in [2.24, 2.45) is 5.73 Å². The van der Waals surface area contributed by atoms with E-state index in [-0.39, 0.29) is 24.4 Å². The van der Waals surface area contributed by atoms with Gasteiger partial charge in [-0.15, -0.1) is 12.4 Å². The van der Waals surface area contributed by atoms with Gasteiger partial charge < -0.3 is 20.2 Å². The standard InChI is InChI=1S/C10H16N2O3.ClH/c1-7(11)10(13)12-8(6-14-2)9-4-3-5-15-9;/h3-5,7-8H,6,11H2,1-2H3,(H,12,13);1H. The van der Waals surface area contributed by atoms with Crippen LogP contribution in [-0.2, 0) is 9.53 Å². The highest BCUT2D eigenvalue weighted by Crippen LogP contribution is 2.13. The topological polar surface area (TPSA) is 77.5 Å². The summed E-state index contributed by atoms with van der Waals surface area (Å²) in [4.78, 5) is 11.4. The fourth-order valence-corrected chi connectivity index (χ4v) is 1.15. The Hall–Kier alpha value is -1.04. The Morgan fingerprint density at radius 2 is 2.38 bits per heavy atom. The van der Waals surface area contributed by atoms with E-state index in [0.717, 1.165) is 0 Å². The van der Waals surface area contributed by atoms with Gasteiger partial charge in [0.1, 0.15) is 11.8 Å². The van der Waals surface area contributed by atoms with Crippen LogP contribution in [0.25, 0.3) is 0 Å². The van der Waals surface area contributed by atoms with Crippen LogP contribution in [0.2, 0.25) is 0 Å². The van der Waals surface area contributed by atoms with Crippen LogP contribution in [0.1, 0.15) is 18.7 Å². The van der Waals surface area contributed by atoms with E-state index in [2.05, 4.69) is 5.32 Å². The van der Waals surface area contributed by atoms with Crippen molar-refractivity contribution >= 4 is 18.3 Å². The highest BCUT2D eigenvalue weighted by Gasteiger charge is 2.18. The number of nitrogens with one attached hydrogen (secondary N) is 1. The predicted octanol–water partition coefficient (Wildman–Crippen LogP) is 0.852. The Kier molecular flexibility index (Phi) is 6.80. The zero-order valence-corrected chi connectivity index (χ0v) is 10.1. The monoisotopic (exact) mass is 248 g/mol. The largest absolute Gasteiger partial charge is 0.467 e.